The van der Waals surface area contributed by atoms with Crippen LogP contribution in [-0.2, 0) is 0 Å². The lowest BCUT2D eigenvalue weighted by atomic mass is 10.1. The number of anilines is 1. The first kappa shape index (κ1) is 9.67. The van der Waals surface area contributed by atoms with E-state index in [1.807, 2.05) is 0 Å². The molecule has 1 aromatic carbocycles. The van der Waals surface area contributed by atoms with Crippen molar-refractivity contribution in [2.45, 2.75) is 0 Å². The normalized spacial score (nSPS) is 11.0. The number of hydrogen-bond acceptors (Lipinski definition) is 2. The van der Waals surface area contributed by atoms with Gasteiger partial charge in [0.1, 0.15) is 11.6 Å². The SMILES string of the molecule is NCC=Cc1c(F)cc(N)cc1F. The van der Waals surface area contributed by atoms with E-state index >= 15 is 0 Å². The minimum absolute atomic E-state index is 0.0694. The minimum atomic E-state index is -0.679. The zero-order valence-electron chi connectivity index (χ0n) is 6.93. The van der Waals surface area contributed by atoms with E-state index in [-0.39, 0.29) is 17.8 Å². The number of benzene rings is 1. The Hall–Kier alpha value is -1.42. The topological polar surface area (TPSA) is 52.0 Å². The Balaban J connectivity index is 3.13. The highest BCUT2D eigenvalue weighted by molar-refractivity contribution is 5.55. The molecule has 0 aromatic heterocycles. The molecule has 0 atom stereocenters. The number of rotatable bonds is 2. The van der Waals surface area contributed by atoms with Crippen LogP contribution in [0.1, 0.15) is 5.56 Å². The fraction of sp³-hybridized carbons (Fsp3) is 0.111. The summed E-state index contributed by atoms with van der Waals surface area (Å²) in [6, 6.07) is 2.14. The van der Waals surface area contributed by atoms with Crippen molar-refractivity contribution >= 4 is 11.8 Å². The third kappa shape index (κ3) is 2.26. The van der Waals surface area contributed by atoms with Crippen molar-refractivity contribution in [3.05, 3.63) is 35.4 Å². The van der Waals surface area contributed by atoms with E-state index in [9.17, 15) is 8.78 Å². The summed E-state index contributed by atoms with van der Waals surface area (Å²) >= 11 is 0. The highest BCUT2D eigenvalue weighted by Gasteiger charge is 2.06. The van der Waals surface area contributed by atoms with E-state index in [1.54, 1.807) is 0 Å². The molecule has 0 aliphatic carbocycles. The summed E-state index contributed by atoms with van der Waals surface area (Å²) in [6.45, 7) is 0.239. The van der Waals surface area contributed by atoms with Crippen LogP contribution in [0.15, 0.2) is 18.2 Å². The van der Waals surface area contributed by atoms with E-state index in [0.717, 1.165) is 12.1 Å². The van der Waals surface area contributed by atoms with Gasteiger partial charge in [-0.1, -0.05) is 12.2 Å². The lowest BCUT2D eigenvalue weighted by Crippen LogP contribution is -1.96. The molecule has 0 aliphatic heterocycles. The van der Waals surface area contributed by atoms with Gasteiger partial charge in [-0.25, -0.2) is 8.78 Å². The Kier molecular flexibility index (Phi) is 2.97. The second-order valence-electron chi connectivity index (χ2n) is 2.54. The second-order valence-corrected chi connectivity index (χ2v) is 2.54. The molecule has 13 heavy (non-hydrogen) atoms. The molecule has 4 N–H and O–H groups in total. The molecule has 2 nitrogen and oxygen atoms in total. The van der Waals surface area contributed by atoms with E-state index in [4.69, 9.17) is 11.5 Å². The van der Waals surface area contributed by atoms with E-state index in [1.165, 1.54) is 12.2 Å². The van der Waals surface area contributed by atoms with Gasteiger partial charge in [0, 0.05) is 17.8 Å². The first-order valence-electron chi connectivity index (χ1n) is 3.76. The zero-order chi connectivity index (χ0) is 9.84. The van der Waals surface area contributed by atoms with Crippen molar-refractivity contribution in [1.82, 2.24) is 0 Å². The maximum atomic E-state index is 13.0. The van der Waals surface area contributed by atoms with E-state index < -0.39 is 11.6 Å². The van der Waals surface area contributed by atoms with Crippen LogP contribution in [0.3, 0.4) is 0 Å². The molecule has 0 fully saturated rings. The first-order valence-corrected chi connectivity index (χ1v) is 3.76. The van der Waals surface area contributed by atoms with Crippen molar-refractivity contribution < 1.29 is 8.78 Å². The third-order valence-electron chi connectivity index (χ3n) is 1.52. The fourth-order valence-corrected chi connectivity index (χ4v) is 0.949. The van der Waals surface area contributed by atoms with Crippen LogP contribution in [0.25, 0.3) is 6.08 Å². The van der Waals surface area contributed by atoms with Crippen LogP contribution in [0.4, 0.5) is 14.5 Å². The van der Waals surface area contributed by atoms with Crippen LogP contribution in [-0.4, -0.2) is 6.54 Å². The standard InChI is InChI=1S/C9H10F2N2/c10-8-4-6(13)5-9(11)7(8)2-1-3-12/h1-2,4-5H,3,12-13H2. The molecule has 0 bridgehead atoms. The number of nitrogen functional groups attached to an aromatic ring is 1. The largest absolute Gasteiger partial charge is 0.399 e. The number of nitrogens with two attached hydrogens (primary N) is 2. The first-order chi connectivity index (χ1) is 6.15. The van der Waals surface area contributed by atoms with Crippen LogP contribution >= 0.6 is 0 Å². The van der Waals surface area contributed by atoms with E-state index in [2.05, 4.69) is 0 Å². The molecule has 0 unspecified atom stereocenters. The maximum absolute atomic E-state index is 13.0. The number of hydrogen-bond donors (Lipinski definition) is 2. The van der Waals surface area contributed by atoms with E-state index in [0.29, 0.717) is 0 Å². The highest BCUT2D eigenvalue weighted by atomic mass is 19.1. The molecule has 1 aromatic rings. The number of halogens is 2. The predicted octanol–water partition coefficient (Wildman–Crippen LogP) is 1.52. The smallest absolute Gasteiger partial charge is 0.135 e. The molecule has 4 heteroatoms. The van der Waals surface area contributed by atoms with Crippen LogP contribution in [0.5, 0.6) is 0 Å². The van der Waals surface area contributed by atoms with Crippen molar-refractivity contribution in [3.8, 4) is 0 Å². The third-order valence-corrected chi connectivity index (χ3v) is 1.52. The molecule has 0 heterocycles. The Bertz CT molecular complexity index is 311. The molecule has 0 saturated carbocycles. The summed E-state index contributed by atoms with van der Waals surface area (Å²) in [5, 5.41) is 0. The molecule has 0 saturated heterocycles. The van der Waals surface area contributed by atoms with Gasteiger partial charge in [-0.15, -0.1) is 0 Å². The summed E-state index contributed by atoms with van der Waals surface area (Å²) in [7, 11) is 0. The average Bonchev–Trinajstić information content (AvgIpc) is 2.02. The summed E-state index contributed by atoms with van der Waals surface area (Å²) in [4.78, 5) is 0. The van der Waals surface area contributed by atoms with Crippen LogP contribution in [0.2, 0.25) is 0 Å². The van der Waals surface area contributed by atoms with Gasteiger partial charge in [0.2, 0.25) is 0 Å². The molecular formula is C9H10F2N2. The fourth-order valence-electron chi connectivity index (χ4n) is 0.949. The Morgan fingerprint density at radius 3 is 2.23 bits per heavy atom. The van der Waals surface area contributed by atoms with Gasteiger partial charge < -0.3 is 11.5 Å². The average molecular weight is 184 g/mol. The molecule has 70 valence electrons. The van der Waals surface area contributed by atoms with Crippen molar-refractivity contribution in [3.63, 3.8) is 0 Å². The molecule has 1 rings (SSSR count). The Labute approximate surface area is 74.8 Å². The highest BCUT2D eigenvalue weighted by Crippen LogP contribution is 2.17. The summed E-state index contributed by atoms with van der Waals surface area (Å²) in [6.07, 6.45) is 2.77. The van der Waals surface area contributed by atoms with Gasteiger partial charge >= 0.3 is 0 Å². The van der Waals surface area contributed by atoms with Crippen LogP contribution in [0, 0.1) is 11.6 Å². The van der Waals surface area contributed by atoms with Gasteiger partial charge in [-0.05, 0) is 12.1 Å². The van der Waals surface area contributed by atoms with Crippen LogP contribution < -0.4 is 11.5 Å². The summed E-state index contributed by atoms with van der Waals surface area (Å²) in [5.41, 5.74) is 10.3. The van der Waals surface area contributed by atoms with Crippen molar-refractivity contribution in [2.75, 3.05) is 12.3 Å². The lowest BCUT2D eigenvalue weighted by Gasteiger charge is -2.00. The maximum Gasteiger partial charge on any atom is 0.135 e. The quantitative estimate of drug-likeness (QED) is 0.684. The Morgan fingerprint density at radius 2 is 1.77 bits per heavy atom. The molecule has 0 radical (unpaired) electrons. The van der Waals surface area contributed by atoms with Gasteiger partial charge in [0.05, 0.1) is 0 Å². The van der Waals surface area contributed by atoms with Gasteiger partial charge in [0.15, 0.2) is 0 Å². The van der Waals surface area contributed by atoms with Gasteiger partial charge in [-0.3, -0.25) is 0 Å². The summed E-state index contributed by atoms with van der Waals surface area (Å²) < 4.78 is 26.0. The van der Waals surface area contributed by atoms with Gasteiger partial charge in [0.25, 0.3) is 0 Å². The van der Waals surface area contributed by atoms with Gasteiger partial charge in [-0.2, -0.15) is 0 Å². The molecular weight excluding hydrogens is 174 g/mol. The lowest BCUT2D eigenvalue weighted by molar-refractivity contribution is 0.580. The second kappa shape index (κ2) is 4.00. The molecule has 0 aliphatic rings. The monoisotopic (exact) mass is 184 g/mol. The molecule has 0 amide bonds. The molecule has 0 spiro atoms. The Morgan fingerprint density at radius 1 is 1.23 bits per heavy atom. The predicted molar refractivity (Wildman–Crippen MR) is 48.9 cm³/mol. The zero-order valence-corrected chi connectivity index (χ0v) is 6.93. The summed E-state index contributed by atoms with van der Waals surface area (Å²) in [5.74, 6) is -1.36. The van der Waals surface area contributed by atoms with Crippen molar-refractivity contribution in [2.24, 2.45) is 5.73 Å². The minimum Gasteiger partial charge on any atom is -0.399 e. The van der Waals surface area contributed by atoms with Crippen molar-refractivity contribution in [1.29, 1.82) is 0 Å².